The smallest absolute Gasteiger partial charge is 0.355 e. The molecule has 1 aliphatic heterocycles. The van der Waals surface area contributed by atoms with Gasteiger partial charge in [-0.1, -0.05) is 63.9 Å². The molecule has 260 valence electrons. The Kier molecular flexibility index (Phi) is 10.3. The lowest BCUT2D eigenvalue weighted by Crippen LogP contribution is -2.13. The Morgan fingerprint density at radius 1 is 1.04 bits per heavy atom. The predicted octanol–water partition coefficient (Wildman–Crippen LogP) is 9.35. The molecular formula is C39H41BrClN5O3S. The van der Waals surface area contributed by atoms with E-state index in [2.05, 4.69) is 69.0 Å². The first-order valence-corrected chi connectivity index (χ1v) is 19.8. The topological polar surface area (TPSA) is 76.1 Å². The molecule has 7 rings (SSSR count). The number of aromatic nitrogens is 5. The minimum absolute atomic E-state index is 0.294. The van der Waals surface area contributed by atoms with Gasteiger partial charge in [-0.05, 0) is 74.2 Å². The van der Waals surface area contributed by atoms with E-state index in [0.717, 1.165) is 109 Å². The van der Waals surface area contributed by atoms with Crippen molar-refractivity contribution < 1.29 is 14.3 Å². The Bertz CT molecular complexity index is 2220. The van der Waals surface area contributed by atoms with Crippen LogP contribution in [0.1, 0.15) is 64.2 Å². The molecule has 0 atom stereocenters. The molecule has 11 heteroatoms. The highest BCUT2D eigenvalue weighted by atomic mass is 79.9. The molecule has 0 saturated carbocycles. The number of rotatable bonds is 13. The number of hydrogen-bond acceptors (Lipinski definition) is 6. The van der Waals surface area contributed by atoms with Crippen molar-refractivity contribution in [2.75, 3.05) is 13.2 Å². The average Bonchev–Trinajstić information content (AvgIpc) is 3.85. The normalized spacial score (nSPS) is 12.7. The Morgan fingerprint density at radius 3 is 2.68 bits per heavy atom. The van der Waals surface area contributed by atoms with E-state index in [1.165, 1.54) is 5.69 Å². The van der Waals surface area contributed by atoms with E-state index in [4.69, 9.17) is 26.2 Å². The standard InChI is InChI=1S/C39H41BrClN5O3S/c1-5-48-39(47)38-29(12-9-17-49-34-19-24(2)18-25-10-6-7-11-28(25)34)30-14-15-31(41)35(37(30)44(38)3)36-32(43-46-16-8-13-33(36)46)23-50-22-26-20-27(21-40)45(4)42-26/h6-7,10-11,14-15,18-20H,5,8-9,12-13,16-17,21-23H2,1-4H3. The first-order valence-electron chi connectivity index (χ1n) is 17.1. The summed E-state index contributed by atoms with van der Waals surface area (Å²) in [6, 6.07) is 18.7. The average molecular weight is 775 g/mol. The Labute approximate surface area is 310 Å². The van der Waals surface area contributed by atoms with Gasteiger partial charge in [0.1, 0.15) is 11.4 Å². The minimum Gasteiger partial charge on any atom is -0.493 e. The molecule has 0 unspecified atom stereocenters. The summed E-state index contributed by atoms with van der Waals surface area (Å²) in [5, 5.41) is 14.5. The second-order valence-corrected chi connectivity index (χ2v) is 14.8. The van der Waals surface area contributed by atoms with Crippen LogP contribution in [0.4, 0.5) is 0 Å². The highest BCUT2D eigenvalue weighted by molar-refractivity contribution is 9.08. The lowest BCUT2D eigenvalue weighted by molar-refractivity contribution is 0.0514. The van der Waals surface area contributed by atoms with Crippen LogP contribution < -0.4 is 4.74 Å². The number of alkyl halides is 1. The molecule has 6 aromatic rings. The van der Waals surface area contributed by atoms with Crippen molar-refractivity contribution in [1.29, 1.82) is 0 Å². The van der Waals surface area contributed by atoms with Gasteiger partial charge in [-0.15, -0.1) is 11.8 Å². The minimum atomic E-state index is -0.330. The first-order chi connectivity index (χ1) is 24.3. The number of carbonyl (C=O) groups is 1. The quantitative estimate of drug-likeness (QED) is 0.0662. The van der Waals surface area contributed by atoms with Gasteiger partial charge in [-0.3, -0.25) is 9.36 Å². The van der Waals surface area contributed by atoms with E-state index >= 15 is 0 Å². The molecule has 0 N–H and O–H groups in total. The molecule has 0 amide bonds. The first kappa shape index (κ1) is 34.7. The van der Waals surface area contributed by atoms with Crippen LogP contribution in [0.2, 0.25) is 5.02 Å². The molecule has 3 aromatic heterocycles. The number of carbonyl (C=O) groups excluding carboxylic acids is 1. The van der Waals surface area contributed by atoms with Crippen molar-refractivity contribution in [3.8, 4) is 16.9 Å². The highest BCUT2D eigenvalue weighted by Crippen LogP contribution is 2.44. The number of thioether (sulfide) groups is 1. The van der Waals surface area contributed by atoms with E-state index in [1.807, 2.05) is 48.5 Å². The predicted molar refractivity (Wildman–Crippen MR) is 207 cm³/mol. The highest BCUT2D eigenvalue weighted by Gasteiger charge is 2.30. The fraction of sp³-hybridized carbons (Fsp3) is 0.359. The lowest BCUT2D eigenvalue weighted by atomic mass is 9.97. The monoisotopic (exact) mass is 773 g/mol. The van der Waals surface area contributed by atoms with Crippen molar-refractivity contribution in [3.05, 3.63) is 99.2 Å². The summed E-state index contributed by atoms with van der Waals surface area (Å²) in [6.07, 6.45) is 3.34. The van der Waals surface area contributed by atoms with E-state index in [1.54, 1.807) is 11.8 Å². The van der Waals surface area contributed by atoms with Crippen LogP contribution in [0.3, 0.4) is 0 Å². The summed E-state index contributed by atoms with van der Waals surface area (Å²) in [7, 11) is 3.93. The van der Waals surface area contributed by atoms with Gasteiger partial charge in [-0.25, -0.2) is 4.79 Å². The van der Waals surface area contributed by atoms with Crippen molar-refractivity contribution >= 4 is 66.9 Å². The maximum absolute atomic E-state index is 13.6. The maximum Gasteiger partial charge on any atom is 0.355 e. The van der Waals surface area contributed by atoms with Crippen molar-refractivity contribution in [2.45, 2.75) is 62.9 Å². The van der Waals surface area contributed by atoms with Gasteiger partial charge in [0, 0.05) is 70.8 Å². The van der Waals surface area contributed by atoms with Gasteiger partial charge in [0.15, 0.2) is 0 Å². The Morgan fingerprint density at radius 2 is 1.88 bits per heavy atom. The molecule has 0 aliphatic carbocycles. The maximum atomic E-state index is 13.6. The number of aryl methyl sites for hydroxylation is 5. The number of nitrogens with zero attached hydrogens (tertiary/aromatic N) is 5. The molecule has 0 spiro atoms. The molecule has 0 radical (unpaired) electrons. The Hall–Kier alpha value is -3.73. The zero-order valence-electron chi connectivity index (χ0n) is 28.9. The second kappa shape index (κ2) is 14.9. The fourth-order valence-electron chi connectivity index (χ4n) is 7.32. The summed E-state index contributed by atoms with van der Waals surface area (Å²) < 4.78 is 18.1. The third-order valence-electron chi connectivity index (χ3n) is 9.49. The van der Waals surface area contributed by atoms with Crippen LogP contribution in [0.25, 0.3) is 32.8 Å². The lowest BCUT2D eigenvalue weighted by Gasteiger charge is -2.12. The van der Waals surface area contributed by atoms with Gasteiger partial charge < -0.3 is 14.0 Å². The van der Waals surface area contributed by atoms with Crippen LogP contribution in [-0.2, 0) is 55.1 Å². The molecule has 8 nitrogen and oxygen atoms in total. The number of halogens is 2. The van der Waals surface area contributed by atoms with Crippen molar-refractivity contribution in [3.63, 3.8) is 0 Å². The van der Waals surface area contributed by atoms with E-state index in [0.29, 0.717) is 30.4 Å². The summed E-state index contributed by atoms with van der Waals surface area (Å²) in [4.78, 5) is 13.6. The van der Waals surface area contributed by atoms with Gasteiger partial charge in [-0.2, -0.15) is 10.2 Å². The van der Waals surface area contributed by atoms with E-state index in [9.17, 15) is 4.79 Å². The van der Waals surface area contributed by atoms with Crippen molar-refractivity contribution in [1.82, 2.24) is 24.1 Å². The number of benzene rings is 3. The van der Waals surface area contributed by atoms with Gasteiger partial charge in [0.2, 0.25) is 0 Å². The van der Waals surface area contributed by atoms with Gasteiger partial charge in [0.25, 0.3) is 0 Å². The van der Waals surface area contributed by atoms with E-state index < -0.39 is 0 Å². The molecular weight excluding hydrogens is 734 g/mol. The SMILES string of the molecule is CCOC(=O)c1c(CCCOc2cc(C)cc3ccccc23)c2ccc(Cl)c(-c3c(CSCc4cc(CBr)n(C)n4)nn4c3CCC4)c2n1C. The molecule has 0 saturated heterocycles. The third kappa shape index (κ3) is 6.58. The van der Waals surface area contributed by atoms with Crippen LogP contribution in [-0.4, -0.2) is 43.3 Å². The molecule has 0 bridgehead atoms. The second-order valence-electron chi connectivity index (χ2n) is 12.8. The fourth-order valence-corrected chi connectivity index (χ4v) is 8.94. The third-order valence-corrected chi connectivity index (χ3v) is 11.4. The van der Waals surface area contributed by atoms with Crippen molar-refractivity contribution in [2.24, 2.45) is 14.1 Å². The number of esters is 1. The summed E-state index contributed by atoms with van der Waals surface area (Å²) in [5.74, 6) is 2.05. The largest absolute Gasteiger partial charge is 0.493 e. The van der Waals surface area contributed by atoms with Crippen LogP contribution in [0, 0.1) is 6.92 Å². The summed E-state index contributed by atoms with van der Waals surface area (Å²) >= 11 is 12.5. The molecule has 4 heterocycles. The number of fused-ring (bicyclic) bond motifs is 3. The molecule has 3 aromatic carbocycles. The molecule has 0 fully saturated rings. The van der Waals surface area contributed by atoms with Crippen LogP contribution >= 0.6 is 39.3 Å². The molecule has 50 heavy (non-hydrogen) atoms. The number of hydrogen-bond donors (Lipinski definition) is 0. The summed E-state index contributed by atoms with van der Waals surface area (Å²) in [5.41, 5.74) is 10.0. The zero-order chi connectivity index (χ0) is 34.9. The van der Waals surface area contributed by atoms with Crippen LogP contribution in [0.5, 0.6) is 5.75 Å². The summed E-state index contributed by atoms with van der Waals surface area (Å²) in [6.45, 7) is 5.62. The zero-order valence-corrected chi connectivity index (χ0v) is 32.1. The van der Waals surface area contributed by atoms with E-state index in [-0.39, 0.29) is 5.97 Å². The van der Waals surface area contributed by atoms with Gasteiger partial charge >= 0.3 is 5.97 Å². The van der Waals surface area contributed by atoms with Crippen LogP contribution in [0.15, 0.2) is 54.6 Å². The molecule has 1 aliphatic rings. The Balaban J connectivity index is 1.23. The van der Waals surface area contributed by atoms with Gasteiger partial charge in [0.05, 0.1) is 35.1 Å². The number of ether oxygens (including phenoxy) is 2.